The minimum absolute atomic E-state index is 0. The van der Waals surface area contributed by atoms with Gasteiger partial charge in [-0.1, -0.05) is 0 Å². The first-order valence-corrected chi connectivity index (χ1v) is 4.61. The molecule has 0 aliphatic heterocycles. The SMILES string of the molecule is CC(C)OC(=O)[C@@H](N)CCONC(=N)N.Cl.Cl. The molecule has 0 rings (SSSR count). The van der Waals surface area contributed by atoms with E-state index in [1.165, 1.54) is 0 Å². The van der Waals surface area contributed by atoms with Crippen molar-refractivity contribution in [1.82, 2.24) is 5.48 Å². The molecule has 0 aromatic heterocycles. The highest BCUT2D eigenvalue weighted by atomic mass is 35.5. The Morgan fingerprint density at radius 2 is 1.94 bits per heavy atom. The van der Waals surface area contributed by atoms with E-state index in [1.54, 1.807) is 13.8 Å². The largest absolute Gasteiger partial charge is 0.462 e. The Balaban J connectivity index is -0.000000980. The van der Waals surface area contributed by atoms with Gasteiger partial charge in [-0.2, -0.15) is 0 Å². The van der Waals surface area contributed by atoms with Gasteiger partial charge < -0.3 is 16.2 Å². The highest BCUT2D eigenvalue weighted by Crippen LogP contribution is 1.96. The van der Waals surface area contributed by atoms with Crippen molar-refractivity contribution in [3.05, 3.63) is 0 Å². The van der Waals surface area contributed by atoms with Crippen molar-refractivity contribution >= 4 is 36.7 Å². The number of esters is 1. The molecule has 0 aromatic rings. The number of guanidine groups is 1. The number of ether oxygens (including phenoxy) is 1. The molecule has 0 bridgehead atoms. The summed E-state index contributed by atoms with van der Waals surface area (Å²) in [6.07, 6.45) is 0.117. The normalized spacial score (nSPS) is 10.8. The highest BCUT2D eigenvalue weighted by molar-refractivity contribution is 5.85. The molecule has 0 saturated heterocycles. The van der Waals surface area contributed by atoms with E-state index >= 15 is 0 Å². The molecule has 0 heterocycles. The summed E-state index contributed by atoms with van der Waals surface area (Å²) in [6, 6.07) is -0.721. The van der Waals surface area contributed by atoms with Gasteiger partial charge in [-0.15, -0.1) is 24.8 Å². The molecule has 0 fully saturated rings. The second-order valence-electron chi connectivity index (χ2n) is 3.25. The summed E-state index contributed by atoms with van der Waals surface area (Å²) in [5, 5.41) is 6.78. The second kappa shape index (κ2) is 11.7. The predicted molar refractivity (Wildman–Crippen MR) is 69.3 cm³/mol. The van der Waals surface area contributed by atoms with E-state index in [2.05, 4.69) is 5.48 Å². The van der Waals surface area contributed by atoms with Crippen LogP contribution >= 0.6 is 24.8 Å². The number of carbonyl (C=O) groups excluding carboxylic acids is 1. The molecule has 9 heteroatoms. The third kappa shape index (κ3) is 13.2. The summed E-state index contributed by atoms with van der Waals surface area (Å²) < 4.78 is 4.88. The summed E-state index contributed by atoms with van der Waals surface area (Å²) >= 11 is 0. The van der Waals surface area contributed by atoms with E-state index in [-0.39, 0.29) is 43.5 Å². The molecule has 0 saturated carbocycles. The van der Waals surface area contributed by atoms with Crippen molar-refractivity contribution in [2.24, 2.45) is 11.5 Å². The molecule has 0 aliphatic carbocycles. The first-order valence-electron chi connectivity index (χ1n) is 4.61. The van der Waals surface area contributed by atoms with Crippen LogP contribution in [0.25, 0.3) is 0 Å². The third-order valence-corrected chi connectivity index (χ3v) is 1.37. The van der Waals surface area contributed by atoms with E-state index < -0.39 is 12.0 Å². The predicted octanol–water partition coefficient (Wildman–Crippen LogP) is -0.0863. The molecule has 0 aliphatic rings. The maximum atomic E-state index is 11.2. The van der Waals surface area contributed by atoms with Crippen molar-refractivity contribution in [1.29, 1.82) is 5.41 Å². The Morgan fingerprint density at radius 1 is 1.41 bits per heavy atom. The fraction of sp³-hybridized carbons (Fsp3) is 0.750. The zero-order valence-electron chi connectivity index (χ0n) is 9.76. The molecular weight excluding hydrogens is 271 g/mol. The van der Waals surface area contributed by atoms with Gasteiger partial charge in [0, 0.05) is 0 Å². The number of hydrogen-bond acceptors (Lipinski definition) is 5. The van der Waals surface area contributed by atoms with Crippen LogP contribution in [0.5, 0.6) is 0 Å². The number of carbonyl (C=O) groups is 1. The average Bonchev–Trinajstić information content (AvgIpc) is 2.10. The monoisotopic (exact) mass is 290 g/mol. The van der Waals surface area contributed by atoms with E-state index in [0.29, 0.717) is 6.42 Å². The molecule has 0 amide bonds. The van der Waals surface area contributed by atoms with Crippen LogP contribution < -0.4 is 16.9 Å². The Morgan fingerprint density at radius 3 is 2.35 bits per heavy atom. The smallest absolute Gasteiger partial charge is 0.323 e. The number of hydroxylamine groups is 1. The average molecular weight is 291 g/mol. The van der Waals surface area contributed by atoms with Gasteiger partial charge in [0.2, 0.25) is 5.96 Å². The summed E-state index contributed by atoms with van der Waals surface area (Å²) in [6.45, 7) is 3.67. The van der Waals surface area contributed by atoms with Gasteiger partial charge >= 0.3 is 5.97 Å². The first kappa shape index (κ1) is 21.5. The summed E-state index contributed by atoms with van der Waals surface area (Å²) in [5.41, 5.74) is 12.6. The molecule has 6 N–H and O–H groups in total. The maximum absolute atomic E-state index is 11.2. The lowest BCUT2D eigenvalue weighted by Crippen LogP contribution is -2.37. The van der Waals surface area contributed by atoms with Crippen LogP contribution in [0.15, 0.2) is 0 Å². The molecule has 0 unspecified atom stereocenters. The second-order valence-corrected chi connectivity index (χ2v) is 3.25. The topological polar surface area (TPSA) is 123 Å². The number of rotatable bonds is 6. The van der Waals surface area contributed by atoms with Crippen LogP contribution in [0.4, 0.5) is 0 Å². The highest BCUT2D eigenvalue weighted by Gasteiger charge is 2.15. The first-order chi connectivity index (χ1) is 6.93. The van der Waals surface area contributed by atoms with Crippen LogP contribution in [0.2, 0.25) is 0 Å². The lowest BCUT2D eigenvalue weighted by molar-refractivity contribution is -0.149. The van der Waals surface area contributed by atoms with Gasteiger partial charge in [-0.3, -0.25) is 15.0 Å². The zero-order valence-corrected chi connectivity index (χ0v) is 11.4. The fourth-order valence-corrected chi connectivity index (χ4v) is 0.752. The Hall–Kier alpha value is -0.760. The lowest BCUT2D eigenvalue weighted by atomic mass is 10.2. The summed E-state index contributed by atoms with van der Waals surface area (Å²) in [7, 11) is 0. The van der Waals surface area contributed by atoms with Crippen LogP contribution in [0.1, 0.15) is 20.3 Å². The van der Waals surface area contributed by atoms with Crippen molar-refractivity contribution in [2.75, 3.05) is 6.61 Å². The van der Waals surface area contributed by atoms with Gasteiger partial charge in [-0.25, -0.2) is 5.48 Å². The van der Waals surface area contributed by atoms with Crippen molar-refractivity contribution in [3.8, 4) is 0 Å². The zero-order chi connectivity index (χ0) is 11.8. The van der Waals surface area contributed by atoms with Gasteiger partial charge in [0.25, 0.3) is 0 Å². The quantitative estimate of drug-likeness (QED) is 0.178. The Bertz CT molecular complexity index is 229. The molecule has 1 atom stereocenters. The number of hydrogen-bond donors (Lipinski definition) is 4. The maximum Gasteiger partial charge on any atom is 0.323 e. The van der Waals surface area contributed by atoms with Gasteiger partial charge in [0.15, 0.2) is 0 Å². The standard InChI is InChI=1S/C8H18N4O3.2ClH/c1-5(2)15-7(13)6(9)3-4-14-12-8(10)11;;/h5-6H,3-4,9H2,1-2H3,(H4,10,11,12);2*1H/t6-;;/m0../s1. The van der Waals surface area contributed by atoms with Crippen molar-refractivity contribution in [2.45, 2.75) is 32.4 Å². The van der Waals surface area contributed by atoms with E-state index in [4.69, 9.17) is 26.5 Å². The van der Waals surface area contributed by atoms with E-state index in [1.807, 2.05) is 0 Å². The minimum Gasteiger partial charge on any atom is -0.462 e. The summed E-state index contributed by atoms with van der Waals surface area (Å²) in [5.74, 6) is -0.759. The van der Waals surface area contributed by atoms with Crippen molar-refractivity contribution in [3.63, 3.8) is 0 Å². The van der Waals surface area contributed by atoms with Crippen LogP contribution in [0, 0.1) is 5.41 Å². The molecule has 7 nitrogen and oxygen atoms in total. The molecule has 17 heavy (non-hydrogen) atoms. The van der Waals surface area contributed by atoms with Crippen LogP contribution in [0.3, 0.4) is 0 Å². The van der Waals surface area contributed by atoms with E-state index in [9.17, 15) is 4.79 Å². The molecule has 104 valence electrons. The van der Waals surface area contributed by atoms with E-state index in [0.717, 1.165) is 0 Å². The fourth-order valence-electron chi connectivity index (χ4n) is 0.752. The Kier molecular flexibility index (Phi) is 14.8. The minimum atomic E-state index is -0.721. The number of halogens is 2. The lowest BCUT2D eigenvalue weighted by Gasteiger charge is -2.13. The molecular formula is C8H20Cl2N4O3. The molecule has 0 spiro atoms. The van der Waals surface area contributed by atoms with Gasteiger partial charge in [0.1, 0.15) is 6.04 Å². The molecule has 0 radical (unpaired) electrons. The number of nitrogens with two attached hydrogens (primary N) is 2. The van der Waals surface area contributed by atoms with Crippen LogP contribution in [-0.4, -0.2) is 30.7 Å². The Labute approximate surface area is 113 Å². The van der Waals surface area contributed by atoms with Gasteiger partial charge in [-0.05, 0) is 20.3 Å². The summed E-state index contributed by atoms with van der Waals surface area (Å²) in [4.78, 5) is 15.9. The molecule has 0 aromatic carbocycles. The van der Waals surface area contributed by atoms with Crippen molar-refractivity contribution < 1.29 is 14.4 Å². The third-order valence-electron chi connectivity index (χ3n) is 1.37. The van der Waals surface area contributed by atoms with Gasteiger partial charge in [0.05, 0.1) is 12.7 Å². The number of nitrogens with one attached hydrogen (secondary N) is 2. The van der Waals surface area contributed by atoms with Crippen LogP contribution in [-0.2, 0) is 14.4 Å².